The van der Waals surface area contributed by atoms with Crippen LogP contribution in [-0.2, 0) is 14.3 Å². The lowest BCUT2D eigenvalue weighted by Gasteiger charge is -2.22. The predicted octanol–water partition coefficient (Wildman–Crippen LogP) is 5.16. The van der Waals surface area contributed by atoms with Crippen LogP contribution in [0.5, 0.6) is 5.75 Å². The van der Waals surface area contributed by atoms with E-state index in [4.69, 9.17) is 14.2 Å². The molecule has 0 aromatic heterocycles. The zero-order chi connectivity index (χ0) is 21.0. The van der Waals surface area contributed by atoms with Crippen LogP contribution >= 0.6 is 0 Å². The number of methoxy groups -OCH3 is 1. The fourth-order valence-electron chi connectivity index (χ4n) is 2.65. The molecule has 0 radical (unpaired) electrons. The van der Waals surface area contributed by atoms with Gasteiger partial charge in [0.15, 0.2) is 6.04 Å². The highest BCUT2D eigenvalue weighted by molar-refractivity contribution is 5.82. The first-order valence-electron chi connectivity index (χ1n) is 10.1. The summed E-state index contributed by atoms with van der Waals surface area (Å²) in [6.45, 7) is 8.16. The number of ether oxygens (including phenoxy) is 3. The summed E-state index contributed by atoms with van der Waals surface area (Å²) in [5, 5.41) is 2.56. The summed E-state index contributed by atoms with van der Waals surface area (Å²) < 4.78 is 15.8. The molecule has 0 saturated carbocycles. The van der Waals surface area contributed by atoms with Gasteiger partial charge in [-0.3, -0.25) is 0 Å². The molecule has 158 valence electrons. The van der Waals surface area contributed by atoms with Gasteiger partial charge in [0.05, 0.1) is 13.7 Å². The van der Waals surface area contributed by atoms with Crippen LogP contribution in [0.4, 0.5) is 4.79 Å². The predicted molar refractivity (Wildman–Crippen MR) is 109 cm³/mol. The average molecular weight is 394 g/mol. The van der Waals surface area contributed by atoms with E-state index in [1.165, 1.54) is 39.2 Å². The van der Waals surface area contributed by atoms with Gasteiger partial charge < -0.3 is 19.5 Å². The molecule has 0 aliphatic carbocycles. The van der Waals surface area contributed by atoms with Crippen molar-refractivity contribution in [3.05, 3.63) is 29.8 Å². The summed E-state index contributed by atoms with van der Waals surface area (Å²) in [4.78, 5) is 24.1. The summed E-state index contributed by atoms with van der Waals surface area (Å²) in [6.07, 6.45) is 6.59. The second-order valence-electron chi connectivity index (χ2n) is 7.79. The molecule has 28 heavy (non-hydrogen) atoms. The number of carbonyl (C=O) groups excluding carboxylic acids is 2. The van der Waals surface area contributed by atoms with E-state index in [0.717, 1.165) is 12.2 Å². The van der Waals surface area contributed by atoms with E-state index in [2.05, 4.69) is 12.2 Å². The number of hydrogen-bond donors (Lipinski definition) is 1. The highest BCUT2D eigenvalue weighted by Gasteiger charge is 2.26. The largest absolute Gasteiger partial charge is 0.494 e. The van der Waals surface area contributed by atoms with Crippen molar-refractivity contribution in [3.8, 4) is 5.75 Å². The van der Waals surface area contributed by atoms with Crippen LogP contribution in [0.2, 0.25) is 0 Å². The maximum Gasteiger partial charge on any atom is 0.408 e. The quantitative estimate of drug-likeness (QED) is 0.415. The van der Waals surface area contributed by atoms with Gasteiger partial charge in [-0.2, -0.15) is 0 Å². The molecule has 1 amide bonds. The summed E-state index contributed by atoms with van der Waals surface area (Å²) in [5.74, 6) is 0.171. The Hall–Kier alpha value is -2.24. The van der Waals surface area contributed by atoms with Gasteiger partial charge in [-0.15, -0.1) is 0 Å². The number of amides is 1. The van der Waals surface area contributed by atoms with Crippen LogP contribution in [0, 0.1) is 0 Å². The third-order valence-corrected chi connectivity index (χ3v) is 4.08. The van der Waals surface area contributed by atoms with E-state index in [0.29, 0.717) is 12.2 Å². The normalized spacial score (nSPS) is 12.2. The number of carbonyl (C=O) groups is 2. The van der Waals surface area contributed by atoms with Crippen molar-refractivity contribution < 1.29 is 23.8 Å². The second kappa shape index (κ2) is 12.3. The van der Waals surface area contributed by atoms with E-state index >= 15 is 0 Å². The van der Waals surface area contributed by atoms with Gasteiger partial charge in [-0.25, -0.2) is 9.59 Å². The molecule has 0 saturated heterocycles. The van der Waals surface area contributed by atoms with Gasteiger partial charge in [0.2, 0.25) is 0 Å². The molecule has 6 heteroatoms. The lowest BCUT2D eigenvalue weighted by Crippen LogP contribution is -2.38. The van der Waals surface area contributed by atoms with Crippen LogP contribution in [0.1, 0.15) is 77.8 Å². The van der Waals surface area contributed by atoms with E-state index in [1.807, 2.05) is 0 Å². The minimum Gasteiger partial charge on any atom is -0.494 e. The van der Waals surface area contributed by atoms with Crippen LogP contribution in [0.25, 0.3) is 0 Å². The Morgan fingerprint density at radius 3 is 2.18 bits per heavy atom. The minimum atomic E-state index is -0.938. The van der Waals surface area contributed by atoms with Crippen LogP contribution in [0.15, 0.2) is 24.3 Å². The Labute approximate surface area is 168 Å². The maximum absolute atomic E-state index is 12.1. The molecule has 0 aliphatic heterocycles. The summed E-state index contributed by atoms with van der Waals surface area (Å²) >= 11 is 0. The van der Waals surface area contributed by atoms with Crippen molar-refractivity contribution >= 4 is 12.1 Å². The molecule has 1 atom stereocenters. The third kappa shape index (κ3) is 9.62. The van der Waals surface area contributed by atoms with Crippen molar-refractivity contribution in [1.29, 1.82) is 0 Å². The SMILES string of the molecule is CCCCCCCCOc1ccc([C@@H](NC(=O)OC(C)(C)C)C(=O)OC)cc1. The van der Waals surface area contributed by atoms with Crippen LogP contribution in [-0.4, -0.2) is 31.4 Å². The number of alkyl carbamates (subject to hydrolysis) is 1. The highest BCUT2D eigenvalue weighted by atomic mass is 16.6. The minimum absolute atomic E-state index is 0.563. The Bertz CT molecular complexity index is 592. The first kappa shape index (κ1) is 23.8. The van der Waals surface area contributed by atoms with Gasteiger partial charge in [-0.05, 0) is 44.9 Å². The lowest BCUT2D eigenvalue weighted by molar-refractivity contribution is -0.143. The molecule has 0 aliphatic rings. The average Bonchev–Trinajstić information content (AvgIpc) is 2.64. The van der Waals surface area contributed by atoms with Gasteiger partial charge >= 0.3 is 12.1 Å². The number of rotatable bonds is 11. The van der Waals surface area contributed by atoms with Crippen molar-refractivity contribution in [2.75, 3.05) is 13.7 Å². The van der Waals surface area contributed by atoms with E-state index < -0.39 is 23.7 Å². The van der Waals surface area contributed by atoms with Crippen LogP contribution in [0.3, 0.4) is 0 Å². The molecular formula is C22H35NO5. The maximum atomic E-state index is 12.1. The third-order valence-electron chi connectivity index (χ3n) is 4.08. The second-order valence-corrected chi connectivity index (χ2v) is 7.79. The first-order valence-corrected chi connectivity index (χ1v) is 10.1. The molecular weight excluding hydrogens is 358 g/mol. The van der Waals surface area contributed by atoms with Gasteiger partial charge in [0.1, 0.15) is 11.4 Å². The van der Waals surface area contributed by atoms with Gasteiger partial charge in [0.25, 0.3) is 0 Å². The monoisotopic (exact) mass is 393 g/mol. The van der Waals surface area contributed by atoms with E-state index in [9.17, 15) is 9.59 Å². The van der Waals surface area contributed by atoms with Crippen molar-refractivity contribution in [2.45, 2.75) is 77.9 Å². The summed E-state index contributed by atoms with van der Waals surface area (Å²) in [7, 11) is 1.28. The summed E-state index contributed by atoms with van der Waals surface area (Å²) in [6, 6.07) is 6.14. The summed E-state index contributed by atoms with van der Waals surface area (Å²) in [5.41, 5.74) is -0.0523. The molecule has 0 bridgehead atoms. The molecule has 1 aromatic carbocycles. The standard InChI is InChI=1S/C22H35NO5/c1-6-7-8-9-10-11-16-27-18-14-12-17(13-15-18)19(20(24)26-5)23-21(25)28-22(2,3)4/h12-15,19H,6-11,16H2,1-5H3,(H,23,25)/t19-/m1/s1. The van der Waals surface area contributed by atoms with Gasteiger partial charge in [-0.1, -0.05) is 51.2 Å². The highest BCUT2D eigenvalue weighted by Crippen LogP contribution is 2.20. The molecule has 0 spiro atoms. The molecule has 6 nitrogen and oxygen atoms in total. The Morgan fingerprint density at radius 1 is 1.00 bits per heavy atom. The molecule has 0 unspecified atom stereocenters. The number of hydrogen-bond acceptors (Lipinski definition) is 5. The number of benzene rings is 1. The number of esters is 1. The molecule has 1 rings (SSSR count). The van der Waals surface area contributed by atoms with E-state index in [-0.39, 0.29) is 0 Å². The molecule has 0 heterocycles. The Balaban J connectivity index is 2.58. The lowest BCUT2D eigenvalue weighted by atomic mass is 10.1. The Morgan fingerprint density at radius 2 is 1.61 bits per heavy atom. The topological polar surface area (TPSA) is 73.9 Å². The molecule has 0 fully saturated rings. The molecule has 1 N–H and O–H groups in total. The fraction of sp³-hybridized carbons (Fsp3) is 0.636. The first-order chi connectivity index (χ1) is 13.3. The van der Waals surface area contributed by atoms with E-state index in [1.54, 1.807) is 45.0 Å². The smallest absolute Gasteiger partial charge is 0.408 e. The van der Waals surface area contributed by atoms with Crippen molar-refractivity contribution in [2.24, 2.45) is 0 Å². The van der Waals surface area contributed by atoms with Crippen LogP contribution < -0.4 is 10.1 Å². The van der Waals surface area contributed by atoms with Crippen molar-refractivity contribution in [3.63, 3.8) is 0 Å². The Kier molecular flexibility index (Phi) is 10.4. The van der Waals surface area contributed by atoms with Gasteiger partial charge in [0, 0.05) is 0 Å². The zero-order valence-corrected chi connectivity index (χ0v) is 17.9. The number of unbranched alkanes of at least 4 members (excludes halogenated alkanes) is 5. The zero-order valence-electron chi connectivity index (χ0n) is 17.9. The number of nitrogens with one attached hydrogen (secondary N) is 1. The fourth-order valence-corrected chi connectivity index (χ4v) is 2.65. The van der Waals surface area contributed by atoms with Crippen molar-refractivity contribution in [1.82, 2.24) is 5.32 Å². The molecule has 1 aromatic rings.